The second-order valence-electron chi connectivity index (χ2n) is 5.06. The Morgan fingerprint density at radius 3 is 2.92 bits per heavy atom. The Morgan fingerprint density at radius 1 is 1.33 bits per heavy atom. The number of nitrogens with zero attached hydrogens (tertiary/aromatic N) is 3. The monoisotopic (exact) mass is 360 g/mol. The van der Waals surface area contributed by atoms with E-state index in [1.54, 1.807) is 24.5 Å². The molecular weight excluding hydrogens is 344 g/mol. The molecule has 24 heavy (non-hydrogen) atoms. The predicted octanol–water partition coefficient (Wildman–Crippen LogP) is 3.37. The number of aromatic nitrogens is 3. The maximum atomic E-state index is 12.4. The first-order valence-corrected chi connectivity index (χ1v) is 9.18. The molecule has 1 amide bonds. The van der Waals surface area contributed by atoms with Crippen LogP contribution in [0.4, 0.5) is 0 Å². The van der Waals surface area contributed by atoms with E-state index >= 15 is 0 Å². The molecule has 0 saturated carbocycles. The highest BCUT2D eigenvalue weighted by molar-refractivity contribution is 7.98. The summed E-state index contributed by atoms with van der Waals surface area (Å²) in [5, 5.41) is 10.3. The number of amides is 1. The molecule has 1 N–H and O–H groups in total. The fraction of sp³-hybridized carbons (Fsp3) is 0.250. The molecule has 0 unspecified atom stereocenters. The molecule has 0 aliphatic heterocycles. The Kier molecular flexibility index (Phi) is 5.27. The van der Waals surface area contributed by atoms with Crippen molar-refractivity contribution in [1.82, 2.24) is 20.4 Å². The van der Waals surface area contributed by atoms with Crippen molar-refractivity contribution in [3.8, 4) is 0 Å². The summed E-state index contributed by atoms with van der Waals surface area (Å²) < 4.78 is 5.17. The second-order valence-corrected chi connectivity index (χ2v) is 7.00. The zero-order chi connectivity index (χ0) is 16.9. The van der Waals surface area contributed by atoms with E-state index in [4.69, 9.17) is 4.52 Å². The van der Waals surface area contributed by atoms with E-state index in [9.17, 15) is 4.79 Å². The van der Waals surface area contributed by atoms with Crippen LogP contribution < -0.4 is 5.32 Å². The summed E-state index contributed by atoms with van der Waals surface area (Å²) in [4.78, 5) is 20.9. The molecule has 0 aliphatic carbocycles. The van der Waals surface area contributed by atoms with Crippen molar-refractivity contribution >= 4 is 29.0 Å². The molecule has 0 spiro atoms. The minimum Gasteiger partial charge on any atom is -0.361 e. The lowest BCUT2D eigenvalue weighted by molar-refractivity contribution is 0.0947. The number of carbonyl (C=O) groups is 1. The number of carbonyl (C=O) groups excluding carboxylic acids is 1. The largest absolute Gasteiger partial charge is 0.361 e. The van der Waals surface area contributed by atoms with Crippen LogP contribution >= 0.6 is 23.1 Å². The molecule has 0 radical (unpaired) electrons. The molecular formula is C16H16N4O2S2. The van der Waals surface area contributed by atoms with Gasteiger partial charge < -0.3 is 9.84 Å². The Hall–Kier alpha value is -2.19. The fourth-order valence-corrected chi connectivity index (χ4v) is 3.82. The number of hydrogen-bond acceptors (Lipinski definition) is 7. The summed E-state index contributed by atoms with van der Waals surface area (Å²) in [6.07, 6.45) is 3.41. The molecule has 0 bridgehead atoms. The second kappa shape index (κ2) is 7.59. The van der Waals surface area contributed by atoms with Gasteiger partial charge in [-0.1, -0.05) is 5.16 Å². The van der Waals surface area contributed by atoms with Crippen LogP contribution in [0.2, 0.25) is 0 Å². The molecule has 3 aromatic heterocycles. The van der Waals surface area contributed by atoms with Gasteiger partial charge in [0.1, 0.15) is 15.8 Å². The van der Waals surface area contributed by atoms with Gasteiger partial charge in [0, 0.05) is 29.1 Å². The number of thioether (sulfide) groups is 1. The molecule has 8 heteroatoms. The lowest BCUT2D eigenvalue weighted by Crippen LogP contribution is -2.23. The minimum atomic E-state index is -0.153. The smallest absolute Gasteiger partial charge is 0.254 e. The SMILES string of the molecule is Cc1noc(C)c1CSc1ncccc1C(=O)NCc1nccs1. The zero-order valence-corrected chi connectivity index (χ0v) is 14.9. The molecule has 0 saturated heterocycles. The van der Waals surface area contributed by atoms with Gasteiger partial charge in [-0.2, -0.15) is 0 Å². The lowest BCUT2D eigenvalue weighted by Gasteiger charge is -2.08. The maximum absolute atomic E-state index is 12.4. The van der Waals surface area contributed by atoms with E-state index in [2.05, 4.69) is 20.4 Å². The van der Waals surface area contributed by atoms with E-state index in [-0.39, 0.29) is 5.91 Å². The minimum absolute atomic E-state index is 0.153. The number of hydrogen-bond donors (Lipinski definition) is 1. The number of pyridine rings is 1. The van der Waals surface area contributed by atoms with Gasteiger partial charge in [0.05, 0.1) is 17.8 Å². The Bertz CT molecular complexity index is 811. The first kappa shape index (κ1) is 16.7. The van der Waals surface area contributed by atoms with Crippen LogP contribution in [0.5, 0.6) is 0 Å². The Labute approximate surface area is 147 Å². The summed E-state index contributed by atoms with van der Waals surface area (Å²) in [6.45, 7) is 4.21. The Balaban J connectivity index is 1.69. The summed E-state index contributed by atoms with van der Waals surface area (Å²) in [6, 6.07) is 3.54. The van der Waals surface area contributed by atoms with E-state index in [0.29, 0.717) is 22.9 Å². The average molecular weight is 360 g/mol. The summed E-state index contributed by atoms with van der Waals surface area (Å²) >= 11 is 3.01. The molecule has 3 rings (SSSR count). The van der Waals surface area contributed by atoms with Gasteiger partial charge in [-0.3, -0.25) is 4.79 Å². The molecule has 0 aliphatic rings. The van der Waals surface area contributed by atoms with Gasteiger partial charge in [-0.15, -0.1) is 23.1 Å². The molecule has 6 nitrogen and oxygen atoms in total. The standard InChI is InChI=1S/C16H16N4O2S2/c1-10-13(11(2)22-20-10)9-24-16-12(4-3-5-18-16)15(21)19-8-14-17-6-7-23-14/h3-7H,8-9H2,1-2H3,(H,19,21). The number of rotatable bonds is 6. The van der Waals surface area contributed by atoms with Crippen molar-refractivity contribution in [3.63, 3.8) is 0 Å². The van der Waals surface area contributed by atoms with Gasteiger partial charge >= 0.3 is 0 Å². The zero-order valence-electron chi connectivity index (χ0n) is 13.3. The van der Waals surface area contributed by atoms with Crippen molar-refractivity contribution < 1.29 is 9.32 Å². The highest BCUT2D eigenvalue weighted by atomic mass is 32.2. The van der Waals surface area contributed by atoms with E-state index in [1.165, 1.54) is 23.1 Å². The first-order valence-electron chi connectivity index (χ1n) is 7.31. The van der Waals surface area contributed by atoms with E-state index < -0.39 is 0 Å². The molecule has 3 heterocycles. The van der Waals surface area contributed by atoms with Crippen LogP contribution in [-0.4, -0.2) is 21.0 Å². The Morgan fingerprint density at radius 2 is 2.21 bits per heavy atom. The van der Waals surface area contributed by atoms with E-state index in [0.717, 1.165) is 22.0 Å². The van der Waals surface area contributed by atoms with Gasteiger partial charge in [0.25, 0.3) is 5.91 Å². The third-order valence-electron chi connectivity index (χ3n) is 3.43. The number of thiazole rings is 1. The normalized spacial score (nSPS) is 10.8. The van der Waals surface area contributed by atoms with Crippen molar-refractivity contribution in [2.45, 2.75) is 31.2 Å². The third-order valence-corrected chi connectivity index (χ3v) is 5.25. The first-order chi connectivity index (χ1) is 11.6. The highest BCUT2D eigenvalue weighted by Crippen LogP contribution is 2.27. The van der Waals surface area contributed by atoms with Crippen LogP contribution in [0, 0.1) is 13.8 Å². The lowest BCUT2D eigenvalue weighted by atomic mass is 10.2. The van der Waals surface area contributed by atoms with E-state index in [1.807, 2.05) is 19.2 Å². The van der Waals surface area contributed by atoms with Crippen LogP contribution in [0.25, 0.3) is 0 Å². The van der Waals surface area contributed by atoms with Crippen LogP contribution in [-0.2, 0) is 12.3 Å². The van der Waals surface area contributed by atoms with Gasteiger partial charge in [0.15, 0.2) is 0 Å². The summed E-state index contributed by atoms with van der Waals surface area (Å²) in [5.74, 6) is 1.30. The number of nitrogens with one attached hydrogen (secondary N) is 1. The van der Waals surface area contributed by atoms with Crippen LogP contribution in [0.1, 0.15) is 32.4 Å². The average Bonchev–Trinajstić information content (AvgIpc) is 3.22. The quantitative estimate of drug-likeness (QED) is 0.679. The van der Waals surface area contributed by atoms with Gasteiger partial charge in [-0.05, 0) is 26.0 Å². The predicted molar refractivity (Wildman–Crippen MR) is 93.1 cm³/mol. The molecule has 124 valence electrons. The fourth-order valence-electron chi connectivity index (χ4n) is 2.12. The van der Waals surface area contributed by atoms with Crippen molar-refractivity contribution in [3.05, 3.63) is 57.5 Å². The van der Waals surface area contributed by atoms with Crippen molar-refractivity contribution in [2.75, 3.05) is 0 Å². The molecule has 3 aromatic rings. The topological polar surface area (TPSA) is 80.9 Å². The van der Waals surface area contributed by atoms with Crippen LogP contribution in [0.15, 0.2) is 39.5 Å². The summed E-state index contributed by atoms with van der Waals surface area (Å²) in [7, 11) is 0. The third kappa shape index (κ3) is 3.82. The van der Waals surface area contributed by atoms with Crippen LogP contribution in [0.3, 0.4) is 0 Å². The van der Waals surface area contributed by atoms with Gasteiger partial charge in [0.2, 0.25) is 0 Å². The highest BCUT2D eigenvalue weighted by Gasteiger charge is 2.15. The maximum Gasteiger partial charge on any atom is 0.254 e. The summed E-state index contributed by atoms with van der Waals surface area (Å²) in [5.41, 5.74) is 2.47. The molecule has 0 aromatic carbocycles. The number of aryl methyl sites for hydroxylation is 2. The van der Waals surface area contributed by atoms with Gasteiger partial charge in [-0.25, -0.2) is 9.97 Å². The van der Waals surface area contributed by atoms with Crippen molar-refractivity contribution in [2.24, 2.45) is 0 Å². The molecule has 0 fully saturated rings. The molecule has 0 atom stereocenters. The van der Waals surface area contributed by atoms with Crippen molar-refractivity contribution in [1.29, 1.82) is 0 Å².